The van der Waals surface area contributed by atoms with Gasteiger partial charge in [-0.15, -0.1) is 0 Å². The SMILES string of the molecule is CC(C)(C)C[C@@H]1CCC(C(C)(C)C)C1. The third-order valence-corrected chi connectivity index (χ3v) is 3.67. The molecule has 0 aromatic carbocycles. The Hall–Kier alpha value is 0. The standard InChI is InChI=1S/C14H28/c1-13(2,3)10-11-7-8-12(9-11)14(4,5)6/h11-12H,7-10H2,1-6H3/t11-,12?/m1/s1. The van der Waals surface area contributed by atoms with Crippen LogP contribution in [0, 0.1) is 22.7 Å². The Kier molecular flexibility index (Phi) is 3.33. The predicted molar refractivity (Wildman–Crippen MR) is 64.4 cm³/mol. The molecule has 0 N–H and O–H groups in total. The molecule has 0 aromatic rings. The van der Waals surface area contributed by atoms with Crippen LogP contribution in [0.3, 0.4) is 0 Å². The minimum atomic E-state index is 0.525. The van der Waals surface area contributed by atoms with Crippen LogP contribution >= 0.6 is 0 Å². The van der Waals surface area contributed by atoms with Crippen LogP contribution in [0.4, 0.5) is 0 Å². The molecule has 0 saturated heterocycles. The van der Waals surface area contributed by atoms with E-state index in [1.165, 1.54) is 25.7 Å². The maximum absolute atomic E-state index is 2.40. The van der Waals surface area contributed by atoms with E-state index in [1.807, 2.05) is 0 Å². The van der Waals surface area contributed by atoms with E-state index in [-0.39, 0.29) is 0 Å². The zero-order valence-corrected chi connectivity index (χ0v) is 11.0. The minimum absolute atomic E-state index is 0.525. The average Bonchev–Trinajstić information content (AvgIpc) is 2.29. The molecule has 0 amide bonds. The van der Waals surface area contributed by atoms with Crippen molar-refractivity contribution in [3.8, 4) is 0 Å². The van der Waals surface area contributed by atoms with E-state index in [1.54, 1.807) is 0 Å². The smallest absolute Gasteiger partial charge is 0.0354 e. The lowest BCUT2D eigenvalue weighted by Crippen LogP contribution is -2.18. The molecule has 0 spiro atoms. The largest absolute Gasteiger partial charge is 0.0602 e. The van der Waals surface area contributed by atoms with Crippen molar-refractivity contribution in [2.24, 2.45) is 22.7 Å². The van der Waals surface area contributed by atoms with Gasteiger partial charge in [0, 0.05) is 0 Å². The van der Waals surface area contributed by atoms with E-state index >= 15 is 0 Å². The van der Waals surface area contributed by atoms with Crippen LogP contribution in [-0.4, -0.2) is 0 Å². The third-order valence-electron chi connectivity index (χ3n) is 3.67. The molecular formula is C14H28. The van der Waals surface area contributed by atoms with Gasteiger partial charge < -0.3 is 0 Å². The summed E-state index contributed by atoms with van der Waals surface area (Å²) in [6.45, 7) is 14.3. The van der Waals surface area contributed by atoms with Gasteiger partial charge in [-0.05, 0) is 41.9 Å². The van der Waals surface area contributed by atoms with E-state index in [0.29, 0.717) is 10.8 Å². The lowest BCUT2D eigenvalue weighted by molar-refractivity contribution is 0.224. The van der Waals surface area contributed by atoms with Gasteiger partial charge in [0.2, 0.25) is 0 Å². The topological polar surface area (TPSA) is 0 Å². The highest BCUT2D eigenvalue weighted by atomic mass is 14.4. The van der Waals surface area contributed by atoms with Crippen molar-refractivity contribution in [3.05, 3.63) is 0 Å². The van der Waals surface area contributed by atoms with Crippen molar-refractivity contribution < 1.29 is 0 Å². The lowest BCUT2D eigenvalue weighted by Gasteiger charge is -2.28. The van der Waals surface area contributed by atoms with Gasteiger partial charge in [-0.3, -0.25) is 0 Å². The van der Waals surface area contributed by atoms with Crippen molar-refractivity contribution in [1.82, 2.24) is 0 Å². The van der Waals surface area contributed by atoms with Gasteiger partial charge >= 0.3 is 0 Å². The highest BCUT2D eigenvalue weighted by Gasteiger charge is 2.34. The highest BCUT2D eigenvalue weighted by Crippen LogP contribution is 2.45. The first-order valence-electron chi connectivity index (χ1n) is 6.18. The zero-order chi connectivity index (χ0) is 11.0. The van der Waals surface area contributed by atoms with E-state index < -0.39 is 0 Å². The first kappa shape index (κ1) is 12.1. The first-order chi connectivity index (χ1) is 6.18. The Morgan fingerprint density at radius 2 is 1.50 bits per heavy atom. The number of rotatable bonds is 1. The fourth-order valence-electron chi connectivity index (χ4n) is 2.91. The van der Waals surface area contributed by atoms with Crippen molar-refractivity contribution >= 4 is 0 Å². The highest BCUT2D eigenvalue weighted by molar-refractivity contribution is 4.85. The molecule has 0 aliphatic heterocycles. The normalized spacial score (nSPS) is 29.6. The molecule has 2 atom stereocenters. The van der Waals surface area contributed by atoms with Gasteiger partial charge in [-0.2, -0.15) is 0 Å². The molecule has 0 bridgehead atoms. The molecule has 0 heterocycles. The Labute approximate surface area is 90.5 Å². The van der Waals surface area contributed by atoms with Gasteiger partial charge in [0.15, 0.2) is 0 Å². The summed E-state index contributed by atoms with van der Waals surface area (Å²) in [6, 6.07) is 0. The molecule has 0 radical (unpaired) electrons. The Morgan fingerprint density at radius 1 is 0.929 bits per heavy atom. The number of hydrogen-bond acceptors (Lipinski definition) is 0. The third kappa shape index (κ3) is 3.63. The molecule has 1 rings (SSSR count). The van der Waals surface area contributed by atoms with Gasteiger partial charge in [-0.25, -0.2) is 0 Å². The fraction of sp³-hybridized carbons (Fsp3) is 1.00. The van der Waals surface area contributed by atoms with Crippen LogP contribution in [0.25, 0.3) is 0 Å². The van der Waals surface area contributed by atoms with Crippen molar-refractivity contribution in [2.75, 3.05) is 0 Å². The second-order valence-electron chi connectivity index (χ2n) is 7.51. The summed E-state index contributed by atoms with van der Waals surface area (Å²) in [6.07, 6.45) is 5.82. The van der Waals surface area contributed by atoms with E-state index in [9.17, 15) is 0 Å². The van der Waals surface area contributed by atoms with Gasteiger partial charge in [0.05, 0.1) is 0 Å². The molecule has 1 saturated carbocycles. The van der Waals surface area contributed by atoms with Crippen molar-refractivity contribution in [3.63, 3.8) is 0 Å². The predicted octanol–water partition coefficient (Wildman–Crippen LogP) is 4.89. The maximum Gasteiger partial charge on any atom is -0.0354 e. The molecule has 1 unspecified atom stereocenters. The van der Waals surface area contributed by atoms with Crippen LogP contribution in [0.15, 0.2) is 0 Å². The average molecular weight is 196 g/mol. The first-order valence-corrected chi connectivity index (χ1v) is 6.18. The minimum Gasteiger partial charge on any atom is -0.0602 e. The van der Waals surface area contributed by atoms with Crippen LogP contribution in [0.1, 0.15) is 67.2 Å². The van der Waals surface area contributed by atoms with E-state index in [4.69, 9.17) is 0 Å². The second kappa shape index (κ2) is 3.87. The van der Waals surface area contributed by atoms with Gasteiger partial charge in [-0.1, -0.05) is 48.0 Å². The Morgan fingerprint density at radius 3 is 1.86 bits per heavy atom. The van der Waals surface area contributed by atoms with E-state index in [2.05, 4.69) is 41.5 Å². The number of hydrogen-bond donors (Lipinski definition) is 0. The molecule has 14 heavy (non-hydrogen) atoms. The summed E-state index contributed by atoms with van der Waals surface area (Å²) < 4.78 is 0. The molecule has 0 aromatic heterocycles. The summed E-state index contributed by atoms with van der Waals surface area (Å²) in [5.74, 6) is 1.97. The molecule has 1 aliphatic rings. The van der Waals surface area contributed by atoms with Crippen molar-refractivity contribution in [2.45, 2.75) is 67.2 Å². The summed E-state index contributed by atoms with van der Waals surface area (Å²) in [5.41, 5.74) is 1.06. The lowest BCUT2D eigenvalue weighted by atomic mass is 9.78. The Balaban J connectivity index is 2.42. The van der Waals surface area contributed by atoms with Crippen LogP contribution in [0.2, 0.25) is 0 Å². The van der Waals surface area contributed by atoms with Crippen molar-refractivity contribution in [1.29, 1.82) is 0 Å². The summed E-state index contributed by atoms with van der Waals surface area (Å²) in [5, 5.41) is 0. The van der Waals surface area contributed by atoms with Crippen LogP contribution in [0.5, 0.6) is 0 Å². The van der Waals surface area contributed by atoms with Gasteiger partial charge in [0.25, 0.3) is 0 Å². The van der Waals surface area contributed by atoms with Crippen LogP contribution < -0.4 is 0 Å². The summed E-state index contributed by atoms with van der Waals surface area (Å²) >= 11 is 0. The van der Waals surface area contributed by atoms with Gasteiger partial charge in [0.1, 0.15) is 0 Å². The zero-order valence-electron chi connectivity index (χ0n) is 11.0. The molecular weight excluding hydrogens is 168 g/mol. The quantitative estimate of drug-likeness (QED) is 0.560. The molecule has 0 heteroatoms. The molecule has 84 valence electrons. The summed E-state index contributed by atoms with van der Waals surface area (Å²) in [7, 11) is 0. The fourth-order valence-corrected chi connectivity index (χ4v) is 2.91. The molecule has 1 fully saturated rings. The van der Waals surface area contributed by atoms with E-state index in [0.717, 1.165) is 11.8 Å². The second-order valence-corrected chi connectivity index (χ2v) is 7.51. The molecule has 1 aliphatic carbocycles. The molecule has 0 nitrogen and oxygen atoms in total. The monoisotopic (exact) mass is 196 g/mol. The maximum atomic E-state index is 2.40. The Bertz CT molecular complexity index is 177. The van der Waals surface area contributed by atoms with Crippen LogP contribution in [-0.2, 0) is 0 Å². The summed E-state index contributed by atoms with van der Waals surface area (Å²) in [4.78, 5) is 0.